The Bertz CT molecular complexity index is 1840. The number of unbranched alkanes of at least 4 members (excludes halogenated alkanes) is 49. The molecule has 0 saturated carbocycles. The van der Waals surface area contributed by atoms with Gasteiger partial charge in [0, 0.05) is 25.7 Å². The van der Waals surface area contributed by atoms with Crippen LogP contribution in [0.3, 0.4) is 0 Å². The predicted octanol–water partition coefficient (Wildman–Crippen LogP) is 22.9. The van der Waals surface area contributed by atoms with E-state index in [0.29, 0.717) is 31.6 Å². The van der Waals surface area contributed by atoms with Gasteiger partial charge in [0.25, 0.3) is 0 Å². The van der Waals surface area contributed by atoms with Crippen LogP contribution in [-0.2, 0) is 65.4 Å². The van der Waals surface area contributed by atoms with Gasteiger partial charge in [0.1, 0.15) is 19.3 Å². The maximum Gasteiger partial charge on any atom is 0.472 e. The summed E-state index contributed by atoms with van der Waals surface area (Å²) in [6, 6.07) is 0. The van der Waals surface area contributed by atoms with Crippen LogP contribution in [0.5, 0.6) is 0 Å². The first kappa shape index (κ1) is 94.1. The molecule has 0 spiro atoms. The highest BCUT2D eigenvalue weighted by Crippen LogP contribution is 2.45. The van der Waals surface area contributed by atoms with Gasteiger partial charge in [-0.15, -0.1) is 0 Å². The van der Waals surface area contributed by atoms with Crippen molar-refractivity contribution in [3.63, 3.8) is 0 Å². The number of ether oxygens (including phenoxy) is 4. The number of carbonyl (C=O) groups is 4. The minimum atomic E-state index is -4.96. The molecule has 0 aliphatic carbocycles. The second-order valence-electron chi connectivity index (χ2n) is 28.2. The van der Waals surface area contributed by atoms with E-state index in [1.54, 1.807) is 0 Å². The van der Waals surface area contributed by atoms with Crippen molar-refractivity contribution in [2.75, 3.05) is 39.6 Å². The molecule has 0 aliphatic rings. The second kappa shape index (κ2) is 70.1. The highest BCUT2D eigenvalue weighted by molar-refractivity contribution is 7.47. The molecule has 0 aromatic heterocycles. The SMILES string of the molecule is CCCCCCCCCCCCCCCCCCCCCCC(=O)O[C@H](COC(=O)CCCCCCCCCCCCCCCCCCC)COP(=O)(O)OC[C@@H](O)COP(=O)(O)OC[C@@H](COC(=O)CCCCCCCCCCC)OC(=O)CCCCCCCCCC(C)C. The fourth-order valence-corrected chi connectivity index (χ4v) is 13.5. The molecular weight excluding hydrogens is 1260 g/mol. The molecule has 17 nitrogen and oxygen atoms in total. The molecule has 0 aromatic rings. The first-order chi connectivity index (χ1) is 46.5. The number of esters is 4. The van der Waals surface area contributed by atoms with Crippen molar-refractivity contribution in [1.29, 1.82) is 0 Å². The molecule has 0 aromatic carbocycles. The third-order valence-corrected chi connectivity index (χ3v) is 19.9. The summed E-state index contributed by atoms with van der Waals surface area (Å²) < 4.78 is 68.5. The quantitative estimate of drug-likeness (QED) is 0.0222. The zero-order chi connectivity index (χ0) is 70.5. The molecule has 3 N–H and O–H groups in total. The van der Waals surface area contributed by atoms with Crippen LogP contribution >= 0.6 is 15.6 Å². The Labute approximate surface area is 588 Å². The average Bonchev–Trinajstić information content (AvgIpc) is 1.47. The molecule has 570 valence electrons. The van der Waals surface area contributed by atoms with Gasteiger partial charge in [-0.1, -0.05) is 356 Å². The van der Waals surface area contributed by atoms with E-state index >= 15 is 0 Å². The number of rotatable bonds is 77. The molecule has 0 radical (unpaired) electrons. The van der Waals surface area contributed by atoms with E-state index in [4.69, 9.17) is 37.0 Å². The minimum absolute atomic E-state index is 0.104. The monoisotopic (exact) mass is 1410 g/mol. The molecule has 0 bridgehead atoms. The molecule has 19 heteroatoms. The molecule has 0 heterocycles. The standard InChI is InChI=1S/C77H150O17P2/c1-6-9-12-15-18-21-23-25-27-29-30-31-33-35-37-39-42-47-52-57-62-76(81)93-72(66-88-75(80)61-56-51-46-41-38-36-34-32-28-26-24-22-19-16-13-10-7-2)68-91-95(83,84)89-64-71(78)65-90-96(85,86)92-69-73(67-87-74(79)60-55-50-45-40-20-17-14-11-8-3)94-77(82)63-58-53-48-43-44-49-54-59-70(4)5/h70-73,78H,6-69H2,1-5H3,(H,83,84)(H,85,86)/t71-,72-,73-/m1/s1. The van der Waals surface area contributed by atoms with E-state index in [-0.39, 0.29) is 25.7 Å². The summed E-state index contributed by atoms with van der Waals surface area (Å²) in [5.74, 6) is -1.42. The summed E-state index contributed by atoms with van der Waals surface area (Å²) in [5, 5.41) is 10.6. The highest BCUT2D eigenvalue weighted by Gasteiger charge is 2.30. The number of aliphatic hydroxyl groups is 1. The third-order valence-electron chi connectivity index (χ3n) is 18.0. The molecular formula is C77H150O17P2. The average molecular weight is 1410 g/mol. The van der Waals surface area contributed by atoms with E-state index in [1.165, 1.54) is 231 Å². The largest absolute Gasteiger partial charge is 0.472 e. The van der Waals surface area contributed by atoms with Gasteiger partial charge in [0.05, 0.1) is 26.4 Å². The Kier molecular flexibility index (Phi) is 68.7. The van der Waals surface area contributed by atoms with E-state index in [2.05, 4.69) is 34.6 Å². The Balaban J connectivity index is 5.19. The van der Waals surface area contributed by atoms with E-state index in [9.17, 15) is 43.2 Å². The Morgan fingerprint density at radius 3 is 0.708 bits per heavy atom. The number of phosphoric acid groups is 2. The maximum atomic E-state index is 13.1. The van der Waals surface area contributed by atoms with Crippen LogP contribution in [0.15, 0.2) is 0 Å². The third kappa shape index (κ3) is 70.5. The smallest absolute Gasteiger partial charge is 0.462 e. The van der Waals surface area contributed by atoms with Gasteiger partial charge >= 0.3 is 39.5 Å². The van der Waals surface area contributed by atoms with Crippen molar-refractivity contribution in [2.24, 2.45) is 5.92 Å². The molecule has 2 unspecified atom stereocenters. The van der Waals surface area contributed by atoms with Gasteiger partial charge in [-0.05, 0) is 31.6 Å². The highest BCUT2D eigenvalue weighted by atomic mass is 31.2. The van der Waals surface area contributed by atoms with Gasteiger partial charge in [-0.3, -0.25) is 37.3 Å². The lowest BCUT2D eigenvalue weighted by atomic mass is 10.0. The Morgan fingerprint density at radius 1 is 0.281 bits per heavy atom. The Hall–Kier alpha value is -1.94. The summed E-state index contributed by atoms with van der Waals surface area (Å²) in [4.78, 5) is 72.7. The predicted molar refractivity (Wildman–Crippen MR) is 391 cm³/mol. The Morgan fingerprint density at radius 2 is 0.479 bits per heavy atom. The fourth-order valence-electron chi connectivity index (χ4n) is 11.9. The van der Waals surface area contributed by atoms with Crippen molar-refractivity contribution in [2.45, 2.75) is 425 Å². The molecule has 0 rings (SSSR count). The lowest BCUT2D eigenvalue weighted by molar-refractivity contribution is -0.161. The first-order valence-corrected chi connectivity index (χ1v) is 43.1. The minimum Gasteiger partial charge on any atom is -0.462 e. The molecule has 0 aliphatic heterocycles. The summed E-state index contributed by atoms with van der Waals surface area (Å²) in [6.45, 7) is 7.22. The van der Waals surface area contributed by atoms with Crippen molar-refractivity contribution < 1.29 is 80.2 Å². The van der Waals surface area contributed by atoms with Crippen molar-refractivity contribution >= 4 is 39.5 Å². The van der Waals surface area contributed by atoms with Crippen LogP contribution in [0.4, 0.5) is 0 Å². The van der Waals surface area contributed by atoms with Crippen molar-refractivity contribution in [3.8, 4) is 0 Å². The number of aliphatic hydroxyl groups excluding tert-OH is 1. The van der Waals surface area contributed by atoms with E-state index in [0.717, 1.165) is 89.9 Å². The normalized spacial score (nSPS) is 13.9. The number of hydrogen-bond acceptors (Lipinski definition) is 15. The van der Waals surface area contributed by atoms with Crippen LogP contribution in [-0.4, -0.2) is 96.7 Å². The number of hydrogen-bond donors (Lipinski definition) is 3. The first-order valence-electron chi connectivity index (χ1n) is 40.1. The molecule has 0 saturated heterocycles. The van der Waals surface area contributed by atoms with Crippen molar-refractivity contribution in [3.05, 3.63) is 0 Å². The zero-order valence-electron chi connectivity index (χ0n) is 62.5. The summed E-state index contributed by atoms with van der Waals surface area (Å²) in [5.41, 5.74) is 0. The van der Waals surface area contributed by atoms with Crippen molar-refractivity contribution in [1.82, 2.24) is 0 Å². The van der Waals surface area contributed by atoms with Crippen LogP contribution in [0.1, 0.15) is 407 Å². The summed E-state index contributed by atoms with van der Waals surface area (Å²) in [6.07, 6.45) is 59.9. The van der Waals surface area contributed by atoms with Gasteiger partial charge in [0.2, 0.25) is 0 Å². The van der Waals surface area contributed by atoms with Crippen LogP contribution in [0.25, 0.3) is 0 Å². The maximum absolute atomic E-state index is 13.1. The van der Waals surface area contributed by atoms with Gasteiger partial charge < -0.3 is 33.8 Å². The fraction of sp³-hybridized carbons (Fsp3) is 0.948. The number of phosphoric ester groups is 2. The molecule has 0 fully saturated rings. The molecule has 5 atom stereocenters. The molecule has 0 amide bonds. The molecule has 96 heavy (non-hydrogen) atoms. The van der Waals surface area contributed by atoms with E-state index < -0.39 is 97.5 Å². The van der Waals surface area contributed by atoms with Crippen LogP contribution < -0.4 is 0 Å². The van der Waals surface area contributed by atoms with Crippen LogP contribution in [0, 0.1) is 5.92 Å². The summed E-state index contributed by atoms with van der Waals surface area (Å²) in [7, 11) is -9.91. The second-order valence-corrected chi connectivity index (χ2v) is 31.1. The number of carbonyl (C=O) groups excluding carboxylic acids is 4. The lowest BCUT2D eigenvalue weighted by Gasteiger charge is -2.21. The van der Waals surface area contributed by atoms with Gasteiger partial charge in [-0.25, -0.2) is 9.13 Å². The van der Waals surface area contributed by atoms with E-state index in [1.807, 2.05) is 0 Å². The summed E-state index contributed by atoms with van der Waals surface area (Å²) >= 11 is 0. The topological polar surface area (TPSA) is 237 Å². The van der Waals surface area contributed by atoms with Crippen LogP contribution in [0.2, 0.25) is 0 Å². The van der Waals surface area contributed by atoms with Gasteiger partial charge in [0.15, 0.2) is 12.2 Å². The van der Waals surface area contributed by atoms with Gasteiger partial charge in [-0.2, -0.15) is 0 Å². The lowest BCUT2D eigenvalue weighted by Crippen LogP contribution is -2.30. The zero-order valence-corrected chi connectivity index (χ0v) is 64.3.